The topological polar surface area (TPSA) is 327 Å². The largest absolute Gasteiger partial charge is 0.487 e. The highest BCUT2D eigenvalue weighted by atomic mass is 35.5. The van der Waals surface area contributed by atoms with Gasteiger partial charge in [0.15, 0.2) is 0 Å². The highest BCUT2D eigenvalue weighted by molar-refractivity contribution is 6.30. The van der Waals surface area contributed by atoms with E-state index in [1.165, 1.54) is 36.4 Å². The number of ether oxygens (including phenoxy) is 5. The van der Waals surface area contributed by atoms with Crippen LogP contribution in [0, 0.1) is 0 Å². The number of aliphatic carboxylic acids is 2. The van der Waals surface area contributed by atoms with Crippen molar-refractivity contribution in [2.45, 2.75) is 63.8 Å². The van der Waals surface area contributed by atoms with E-state index in [1.807, 2.05) is 48.5 Å². The van der Waals surface area contributed by atoms with Gasteiger partial charge in [-0.2, -0.15) is 0 Å². The van der Waals surface area contributed by atoms with E-state index in [-0.39, 0.29) is 150 Å². The minimum atomic E-state index is -1.25. The summed E-state index contributed by atoms with van der Waals surface area (Å²) in [6.07, 6.45) is 2.86. The van der Waals surface area contributed by atoms with Crippen molar-refractivity contribution >= 4 is 104 Å². The molecule has 23 nitrogen and oxygen atoms in total. The molecule has 2 atom stereocenters. The number of carbonyl (C=O) groups excluding carboxylic acids is 6. The van der Waals surface area contributed by atoms with E-state index in [0.717, 1.165) is 44.1 Å². The number of rotatable bonds is 36. The molecule has 0 aliphatic heterocycles. The lowest BCUT2D eigenvalue weighted by Gasteiger charge is -2.17. The number of benzene rings is 6. The maximum absolute atomic E-state index is 13.5. The van der Waals surface area contributed by atoms with Gasteiger partial charge in [0, 0.05) is 107 Å². The molecule has 2 aromatic heterocycles. The zero-order chi connectivity index (χ0) is 64.5. The Morgan fingerprint density at radius 2 is 0.824 bits per heavy atom. The third kappa shape index (κ3) is 21.2. The van der Waals surface area contributed by atoms with Crippen LogP contribution in [0.2, 0.25) is 10.0 Å². The molecule has 476 valence electrons. The number of hydrogen-bond donors (Lipinski definition) is 10. The van der Waals surface area contributed by atoms with Crippen molar-refractivity contribution in [2.24, 2.45) is 0 Å². The summed E-state index contributed by atoms with van der Waals surface area (Å²) < 4.78 is 28.7. The zero-order valence-electron chi connectivity index (χ0n) is 49.3. The van der Waals surface area contributed by atoms with Crippen molar-refractivity contribution in [1.82, 2.24) is 31.2 Å². The summed E-state index contributed by atoms with van der Waals surface area (Å²) in [6.45, 7) is 1.79. The second kappa shape index (κ2) is 34.3. The van der Waals surface area contributed by atoms with Crippen molar-refractivity contribution in [3.63, 3.8) is 0 Å². The van der Waals surface area contributed by atoms with Crippen LogP contribution in [0.25, 0.3) is 21.8 Å². The van der Waals surface area contributed by atoms with Crippen LogP contribution in [0.4, 0.5) is 11.4 Å². The quantitative estimate of drug-likeness (QED) is 0.0165. The number of amides is 6. The number of carboxylic acids is 2. The number of aromatic nitrogens is 2. The molecule has 0 fully saturated rings. The minimum absolute atomic E-state index is 0.0246. The van der Waals surface area contributed by atoms with Crippen LogP contribution in [-0.4, -0.2) is 132 Å². The first kappa shape index (κ1) is 67.2. The van der Waals surface area contributed by atoms with Crippen LogP contribution in [0.15, 0.2) is 146 Å². The summed E-state index contributed by atoms with van der Waals surface area (Å²) >= 11 is 12.1. The fourth-order valence-electron chi connectivity index (χ4n) is 9.30. The van der Waals surface area contributed by atoms with E-state index in [0.29, 0.717) is 10.0 Å². The Morgan fingerprint density at radius 1 is 0.451 bits per heavy atom. The van der Waals surface area contributed by atoms with Crippen LogP contribution in [0.1, 0.15) is 68.7 Å². The Morgan fingerprint density at radius 3 is 1.22 bits per heavy atom. The van der Waals surface area contributed by atoms with Crippen molar-refractivity contribution in [2.75, 3.05) is 63.4 Å². The van der Waals surface area contributed by atoms with Gasteiger partial charge in [0.25, 0.3) is 11.8 Å². The molecule has 6 amide bonds. The minimum Gasteiger partial charge on any atom is -0.487 e. The fourth-order valence-corrected chi connectivity index (χ4v) is 9.56. The van der Waals surface area contributed by atoms with Gasteiger partial charge in [0.1, 0.15) is 36.8 Å². The molecule has 0 bridgehead atoms. The van der Waals surface area contributed by atoms with Gasteiger partial charge in [-0.25, -0.2) is 9.59 Å². The Kier molecular flexibility index (Phi) is 25.3. The summed E-state index contributed by atoms with van der Waals surface area (Å²) in [7, 11) is 0. The van der Waals surface area contributed by atoms with E-state index in [1.54, 1.807) is 60.9 Å². The molecule has 0 unspecified atom stereocenters. The number of H-pyrrole nitrogens is 2. The van der Waals surface area contributed by atoms with E-state index in [9.17, 15) is 48.6 Å². The Hall–Kier alpha value is -9.78. The number of fused-ring (bicyclic) bond motifs is 2. The van der Waals surface area contributed by atoms with Crippen molar-refractivity contribution in [3.05, 3.63) is 189 Å². The number of aromatic amines is 2. The summed E-state index contributed by atoms with van der Waals surface area (Å²) in [6, 6.07) is 34.8. The molecular formula is C66H68Cl2N8O15. The van der Waals surface area contributed by atoms with Crippen LogP contribution < -0.4 is 41.4 Å². The monoisotopic (exact) mass is 1280 g/mol. The Bertz CT molecular complexity index is 3580. The molecule has 0 spiro atoms. The average molecular weight is 1280 g/mol. The van der Waals surface area contributed by atoms with Gasteiger partial charge in [-0.1, -0.05) is 83.9 Å². The molecule has 0 aliphatic rings. The number of carbonyl (C=O) groups is 8. The van der Waals surface area contributed by atoms with E-state index >= 15 is 0 Å². The Balaban J connectivity index is 0.679. The molecule has 2 heterocycles. The first-order chi connectivity index (χ1) is 44.0. The highest BCUT2D eigenvalue weighted by Gasteiger charge is 2.26. The normalized spacial score (nSPS) is 11.7. The molecule has 6 aromatic carbocycles. The predicted molar refractivity (Wildman–Crippen MR) is 340 cm³/mol. The van der Waals surface area contributed by atoms with E-state index < -0.39 is 47.7 Å². The number of hydrogen-bond acceptors (Lipinski definition) is 13. The molecule has 8 rings (SSSR count). The zero-order valence-corrected chi connectivity index (χ0v) is 50.8. The van der Waals surface area contributed by atoms with Gasteiger partial charge in [0.2, 0.25) is 23.6 Å². The molecule has 8 aromatic rings. The van der Waals surface area contributed by atoms with E-state index in [2.05, 4.69) is 41.9 Å². The summed E-state index contributed by atoms with van der Waals surface area (Å²) in [4.78, 5) is 109. The lowest BCUT2D eigenvalue weighted by molar-refractivity contribution is -0.140. The average Bonchev–Trinajstić information content (AvgIpc) is 2.03. The molecule has 0 radical (unpaired) electrons. The maximum Gasteiger partial charge on any atom is 0.326 e. The third-order valence-corrected chi connectivity index (χ3v) is 14.6. The Labute approximate surface area is 532 Å². The second-order valence-electron chi connectivity index (χ2n) is 20.7. The fraction of sp³-hybridized carbons (Fsp3) is 0.273. The van der Waals surface area contributed by atoms with Gasteiger partial charge in [-0.15, -0.1) is 0 Å². The van der Waals surface area contributed by atoms with Crippen LogP contribution in [-0.2, 0) is 69.0 Å². The maximum atomic E-state index is 13.5. The first-order valence-electron chi connectivity index (χ1n) is 29.1. The summed E-state index contributed by atoms with van der Waals surface area (Å²) in [5.41, 5.74) is 5.24. The molecular weight excluding hydrogens is 1220 g/mol. The summed E-state index contributed by atoms with van der Waals surface area (Å²) in [5, 5.41) is 38.9. The molecule has 0 aliphatic carbocycles. The lowest BCUT2D eigenvalue weighted by Crippen LogP contribution is -2.42. The molecule has 0 saturated heterocycles. The van der Waals surface area contributed by atoms with Crippen molar-refractivity contribution in [1.29, 1.82) is 0 Å². The van der Waals surface area contributed by atoms with E-state index in [4.69, 9.17) is 46.9 Å². The number of halogens is 2. The SMILES string of the molecule is O=C(CCC(=O)Nc1ccc(C(=O)N[C@@H](Cc2c[nH]c3ccccc23)C(=O)O)cc1OCc1ccc(Cl)cc1)NCCOCCOCCOCCNC(=O)CCC(=O)Nc1ccc(C(=O)N[C@@H](Cc2c[nH]c3ccccc23)C(=O)O)cc1OCc1ccc(Cl)cc1. The highest BCUT2D eigenvalue weighted by Crippen LogP contribution is 2.30. The molecule has 10 N–H and O–H groups in total. The van der Waals surface area contributed by atoms with Crippen molar-refractivity contribution in [3.8, 4) is 11.5 Å². The van der Waals surface area contributed by atoms with Gasteiger partial charge < -0.3 is 75.8 Å². The number of carboxylic acid groups (broad SMARTS) is 2. The van der Waals surface area contributed by atoms with Crippen LogP contribution in [0.5, 0.6) is 11.5 Å². The van der Waals surface area contributed by atoms with Gasteiger partial charge in [-0.05, 0) is 95.1 Å². The smallest absolute Gasteiger partial charge is 0.326 e. The number of para-hydroxylation sites is 2. The lowest BCUT2D eigenvalue weighted by atomic mass is 10.0. The second-order valence-corrected chi connectivity index (χ2v) is 21.6. The predicted octanol–water partition coefficient (Wildman–Crippen LogP) is 8.39. The van der Waals surface area contributed by atoms with Crippen molar-refractivity contribution < 1.29 is 72.3 Å². The van der Waals surface area contributed by atoms with Crippen LogP contribution in [0.3, 0.4) is 0 Å². The first-order valence-corrected chi connectivity index (χ1v) is 29.9. The number of nitrogens with one attached hydrogen (secondary N) is 8. The van der Waals surface area contributed by atoms with Gasteiger partial charge in [0.05, 0.1) is 51.0 Å². The molecule has 91 heavy (non-hydrogen) atoms. The number of anilines is 2. The standard InChI is InChI=1S/C66H68Cl2N8O15/c67-47-15-9-41(10-16-47)39-90-57-35-43(63(81)75-55(65(83)84)33-45-37-71-51-7-3-1-5-49(45)51)13-19-53(57)73-61(79)23-21-59(77)69-25-27-87-29-31-89-32-30-88-28-26-70-60(78)22-24-62(80)74-54-20-14-44(36-58(54)91-40-42-11-17-48(68)18-12-42)64(82)76-56(66(85)86)34-46-38-72-52-8-4-2-6-50(46)52/h1-20,35-38,55-56,71-72H,21-34,39-40H2,(H,69,77)(H,70,78)(H,73,79)(H,74,80)(H,75,81)(H,76,82)(H,83,84)(H,85,86)/t55-,56-/m0/s1. The molecule has 25 heteroatoms. The molecule has 0 saturated carbocycles. The van der Waals surface area contributed by atoms with Crippen LogP contribution >= 0.6 is 23.2 Å². The van der Waals surface area contributed by atoms with Gasteiger partial charge >= 0.3 is 11.9 Å². The van der Waals surface area contributed by atoms with Gasteiger partial charge in [-0.3, -0.25) is 28.8 Å². The third-order valence-electron chi connectivity index (χ3n) is 14.1. The summed E-state index contributed by atoms with van der Waals surface area (Å²) in [5.74, 6) is -5.27.